The molecule has 0 aromatic heterocycles. The van der Waals surface area contributed by atoms with Crippen molar-refractivity contribution in [2.75, 3.05) is 13.2 Å². The molecule has 0 saturated carbocycles. The summed E-state index contributed by atoms with van der Waals surface area (Å²) in [5, 5.41) is 0. The van der Waals surface area contributed by atoms with Gasteiger partial charge in [0.2, 0.25) is 0 Å². The number of ether oxygens (including phenoxy) is 3. The maximum absolute atomic E-state index is 12.8. The van der Waals surface area contributed by atoms with Crippen molar-refractivity contribution in [2.45, 2.75) is 303 Å². The van der Waals surface area contributed by atoms with E-state index in [1.165, 1.54) is 193 Å². The Kier molecular flexibility index (Phi) is 46.2. The van der Waals surface area contributed by atoms with Gasteiger partial charge in [-0.3, -0.25) is 14.4 Å². The van der Waals surface area contributed by atoms with E-state index >= 15 is 0 Å². The molecule has 0 bridgehead atoms. The van der Waals surface area contributed by atoms with Gasteiger partial charge < -0.3 is 14.2 Å². The van der Waals surface area contributed by atoms with Crippen LogP contribution >= 0.6 is 0 Å². The summed E-state index contributed by atoms with van der Waals surface area (Å²) in [5.41, 5.74) is 0. The predicted molar refractivity (Wildman–Crippen MR) is 252 cm³/mol. The van der Waals surface area contributed by atoms with E-state index in [-0.39, 0.29) is 31.1 Å². The van der Waals surface area contributed by atoms with E-state index in [0.29, 0.717) is 19.3 Å². The number of rotatable bonds is 48. The molecule has 0 aliphatic rings. The molecule has 0 radical (unpaired) electrons. The van der Waals surface area contributed by atoms with E-state index in [1.54, 1.807) is 0 Å². The monoisotopic (exact) mass is 835 g/mol. The van der Waals surface area contributed by atoms with Gasteiger partial charge in [0.1, 0.15) is 13.2 Å². The number of carbonyl (C=O) groups excluding carboxylic acids is 3. The van der Waals surface area contributed by atoms with Crippen molar-refractivity contribution < 1.29 is 28.6 Å². The van der Waals surface area contributed by atoms with Gasteiger partial charge in [0.25, 0.3) is 0 Å². The molecule has 59 heavy (non-hydrogen) atoms. The highest BCUT2D eigenvalue weighted by atomic mass is 16.6. The molecule has 350 valence electrons. The standard InChI is InChI=1S/C53H102O6/c1-5-7-9-11-13-15-17-19-20-21-25-28-32-36-40-44-51(54)57-47-50(59-53(56)46-42-38-34-30-24-18-16-14-12-10-8-6-2)48-58-52(55)45-41-37-33-29-26-22-23-27-31-35-39-43-49(3)4/h49-50H,5-48H2,1-4H3/t50-/m1/s1. The second-order valence-electron chi connectivity index (χ2n) is 18.6. The van der Waals surface area contributed by atoms with Crippen LogP contribution in [0.15, 0.2) is 0 Å². The van der Waals surface area contributed by atoms with Gasteiger partial charge >= 0.3 is 17.9 Å². The average molecular weight is 835 g/mol. The summed E-state index contributed by atoms with van der Waals surface area (Å²) in [5.74, 6) is -0.0159. The third-order valence-corrected chi connectivity index (χ3v) is 12.0. The van der Waals surface area contributed by atoms with Crippen LogP contribution in [0.1, 0.15) is 297 Å². The van der Waals surface area contributed by atoms with E-state index < -0.39 is 6.10 Å². The maximum atomic E-state index is 12.8. The first-order valence-corrected chi connectivity index (χ1v) is 26.4. The van der Waals surface area contributed by atoms with Crippen molar-refractivity contribution in [2.24, 2.45) is 5.92 Å². The van der Waals surface area contributed by atoms with E-state index in [2.05, 4.69) is 27.7 Å². The molecule has 6 heteroatoms. The molecule has 0 amide bonds. The molecular formula is C53H102O6. The summed E-state index contributed by atoms with van der Waals surface area (Å²) < 4.78 is 16.8. The zero-order valence-electron chi connectivity index (χ0n) is 40.2. The van der Waals surface area contributed by atoms with Crippen molar-refractivity contribution in [3.63, 3.8) is 0 Å². The van der Waals surface area contributed by atoms with E-state index in [4.69, 9.17) is 14.2 Å². The fraction of sp³-hybridized carbons (Fsp3) is 0.943. The van der Waals surface area contributed by atoms with Gasteiger partial charge in [-0.05, 0) is 25.2 Å². The Bertz CT molecular complexity index is 887. The first kappa shape index (κ1) is 57.4. The van der Waals surface area contributed by atoms with Crippen LogP contribution in [0, 0.1) is 5.92 Å². The molecule has 0 fully saturated rings. The van der Waals surface area contributed by atoms with Gasteiger partial charge in [-0.15, -0.1) is 0 Å². The van der Waals surface area contributed by atoms with Gasteiger partial charge in [-0.25, -0.2) is 0 Å². The number of esters is 3. The predicted octanol–water partition coefficient (Wildman–Crippen LogP) is 17.1. The van der Waals surface area contributed by atoms with Gasteiger partial charge in [-0.1, -0.05) is 259 Å². The smallest absolute Gasteiger partial charge is 0.306 e. The lowest BCUT2D eigenvalue weighted by Crippen LogP contribution is -2.30. The van der Waals surface area contributed by atoms with Crippen LogP contribution in [-0.4, -0.2) is 37.2 Å². The molecule has 0 spiro atoms. The molecule has 0 aromatic carbocycles. The Hall–Kier alpha value is -1.59. The van der Waals surface area contributed by atoms with Gasteiger partial charge in [0, 0.05) is 19.3 Å². The van der Waals surface area contributed by atoms with E-state index in [9.17, 15) is 14.4 Å². The van der Waals surface area contributed by atoms with Crippen LogP contribution in [0.2, 0.25) is 0 Å². The Labute approximate surface area is 368 Å². The highest BCUT2D eigenvalue weighted by Crippen LogP contribution is 2.17. The summed E-state index contributed by atoms with van der Waals surface area (Å²) in [6, 6.07) is 0. The zero-order chi connectivity index (χ0) is 43.1. The van der Waals surface area contributed by atoms with Gasteiger partial charge in [0.05, 0.1) is 0 Å². The molecule has 0 aliphatic heterocycles. The molecule has 0 aromatic rings. The van der Waals surface area contributed by atoms with Crippen molar-refractivity contribution in [1.29, 1.82) is 0 Å². The third kappa shape index (κ3) is 47.3. The molecular weight excluding hydrogens is 733 g/mol. The molecule has 0 saturated heterocycles. The average Bonchev–Trinajstić information content (AvgIpc) is 3.22. The normalized spacial score (nSPS) is 11.9. The van der Waals surface area contributed by atoms with Crippen LogP contribution in [0.3, 0.4) is 0 Å². The Balaban J connectivity index is 4.30. The zero-order valence-corrected chi connectivity index (χ0v) is 40.2. The van der Waals surface area contributed by atoms with Crippen LogP contribution < -0.4 is 0 Å². The van der Waals surface area contributed by atoms with Gasteiger partial charge in [0.15, 0.2) is 6.10 Å². The molecule has 0 heterocycles. The lowest BCUT2D eigenvalue weighted by atomic mass is 10.0. The van der Waals surface area contributed by atoms with Crippen molar-refractivity contribution in [3.8, 4) is 0 Å². The van der Waals surface area contributed by atoms with Crippen LogP contribution in [0.25, 0.3) is 0 Å². The topological polar surface area (TPSA) is 78.9 Å². The largest absolute Gasteiger partial charge is 0.462 e. The van der Waals surface area contributed by atoms with Crippen molar-refractivity contribution in [1.82, 2.24) is 0 Å². The molecule has 0 N–H and O–H groups in total. The fourth-order valence-corrected chi connectivity index (χ4v) is 8.04. The minimum atomic E-state index is -0.760. The lowest BCUT2D eigenvalue weighted by molar-refractivity contribution is -0.167. The van der Waals surface area contributed by atoms with E-state index in [0.717, 1.165) is 63.7 Å². The fourth-order valence-electron chi connectivity index (χ4n) is 8.04. The van der Waals surface area contributed by atoms with Crippen LogP contribution in [0.4, 0.5) is 0 Å². The highest BCUT2D eigenvalue weighted by Gasteiger charge is 2.19. The quantitative estimate of drug-likeness (QED) is 0.0345. The third-order valence-electron chi connectivity index (χ3n) is 12.0. The van der Waals surface area contributed by atoms with Gasteiger partial charge in [-0.2, -0.15) is 0 Å². The van der Waals surface area contributed by atoms with Crippen molar-refractivity contribution >= 4 is 17.9 Å². The summed E-state index contributed by atoms with van der Waals surface area (Å²) in [7, 11) is 0. The Morgan fingerprint density at radius 2 is 0.559 bits per heavy atom. The second kappa shape index (κ2) is 47.5. The van der Waals surface area contributed by atoms with Crippen LogP contribution in [0.5, 0.6) is 0 Å². The van der Waals surface area contributed by atoms with Crippen LogP contribution in [-0.2, 0) is 28.6 Å². The first-order valence-electron chi connectivity index (χ1n) is 26.4. The van der Waals surface area contributed by atoms with E-state index in [1.807, 2.05) is 0 Å². The first-order chi connectivity index (χ1) is 28.9. The minimum absolute atomic E-state index is 0.0625. The summed E-state index contributed by atoms with van der Waals surface area (Å²) >= 11 is 0. The molecule has 0 aliphatic carbocycles. The highest BCUT2D eigenvalue weighted by molar-refractivity contribution is 5.71. The number of carbonyl (C=O) groups is 3. The Morgan fingerprint density at radius 1 is 0.322 bits per heavy atom. The number of hydrogen-bond acceptors (Lipinski definition) is 6. The molecule has 6 nitrogen and oxygen atoms in total. The summed E-state index contributed by atoms with van der Waals surface area (Å²) in [6.45, 7) is 9.03. The van der Waals surface area contributed by atoms with Crippen molar-refractivity contribution in [3.05, 3.63) is 0 Å². The molecule has 0 rings (SSSR count). The molecule has 0 unspecified atom stereocenters. The lowest BCUT2D eigenvalue weighted by Gasteiger charge is -2.18. The molecule has 1 atom stereocenters. The summed E-state index contributed by atoms with van der Waals surface area (Å²) in [4.78, 5) is 37.9. The maximum Gasteiger partial charge on any atom is 0.306 e. The number of unbranched alkanes of at least 4 members (excludes halogenated alkanes) is 35. The minimum Gasteiger partial charge on any atom is -0.462 e. The Morgan fingerprint density at radius 3 is 0.831 bits per heavy atom. The number of hydrogen-bond donors (Lipinski definition) is 0. The SMILES string of the molecule is CCCCCCCCCCCCCCCCCC(=O)OC[C@H](COC(=O)CCCCCCCCCCCCCC(C)C)OC(=O)CCCCCCCCCCCCCC. The summed E-state index contributed by atoms with van der Waals surface area (Å²) in [6.07, 6.45) is 49.4. The second-order valence-corrected chi connectivity index (χ2v) is 18.6.